The van der Waals surface area contributed by atoms with Crippen LogP contribution >= 0.6 is 0 Å². The Morgan fingerprint density at radius 2 is 0.741 bits per heavy atom. The van der Waals surface area contributed by atoms with Gasteiger partial charge in [-0.1, -0.05) is 0 Å². The molecule has 0 N–H and O–H groups in total. The van der Waals surface area contributed by atoms with Gasteiger partial charge in [-0.2, -0.15) is 0 Å². The van der Waals surface area contributed by atoms with Gasteiger partial charge in [-0.25, -0.2) is 0 Å². The second-order valence-corrected chi connectivity index (χ2v) is 17.6. The van der Waals surface area contributed by atoms with Gasteiger partial charge in [0.2, 0.25) is 0 Å². The molecular weight excluding hydrogens is 431 g/mol. The molecule has 0 atom stereocenters. The predicted octanol–water partition coefficient (Wildman–Crippen LogP) is 4.41. The van der Waals surface area contributed by atoms with E-state index in [0.717, 1.165) is 0 Å². The first kappa shape index (κ1) is 17.8. The molecule has 0 heterocycles. The zero-order chi connectivity index (χ0) is 18.5. The van der Waals surface area contributed by atoms with Crippen molar-refractivity contribution in [1.82, 2.24) is 0 Å². The van der Waals surface area contributed by atoms with E-state index in [2.05, 4.69) is 121 Å². The Morgan fingerprint density at radius 1 is 0.444 bits per heavy atom. The molecule has 0 aromatic heterocycles. The summed E-state index contributed by atoms with van der Waals surface area (Å²) in [5.74, 6) is 0. The summed E-state index contributed by atoms with van der Waals surface area (Å²) in [6.07, 6.45) is 0. The van der Waals surface area contributed by atoms with E-state index in [1.165, 1.54) is 19.9 Å². The zero-order valence-electron chi connectivity index (χ0n) is 15.3. The van der Waals surface area contributed by atoms with E-state index in [9.17, 15) is 0 Å². The first-order valence-corrected chi connectivity index (χ1v) is 15.0. The Morgan fingerprint density at radius 3 is 1.07 bits per heavy atom. The van der Waals surface area contributed by atoms with Crippen molar-refractivity contribution in [3.63, 3.8) is 0 Å². The van der Waals surface area contributed by atoms with Gasteiger partial charge in [0, 0.05) is 0 Å². The average Bonchev–Trinajstić information content (AvgIpc) is 2.77. The molecule has 0 spiro atoms. The van der Waals surface area contributed by atoms with Crippen LogP contribution in [0.25, 0.3) is 3.59 Å². The Kier molecular flexibility index (Phi) is 5.26. The quantitative estimate of drug-likeness (QED) is 0.393. The van der Waals surface area contributed by atoms with E-state index in [0.29, 0.717) is 0 Å². The number of rotatable bonds is 5. The molecule has 1 heteroatoms. The van der Waals surface area contributed by atoms with Gasteiger partial charge >= 0.3 is 166 Å². The molecule has 0 unspecified atom stereocenters. The summed E-state index contributed by atoms with van der Waals surface area (Å²) < 4.78 is 5.57. The fourth-order valence-electron chi connectivity index (χ4n) is 3.94. The van der Waals surface area contributed by atoms with Crippen molar-refractivity contribution in [2.45, 2.75) is 0 Å². The van der Waals surface area contributed by atoms with Crippen LogP contribution in [0.5, 0.6) is 0 Å². The minimum atomic E-state index is -3.49. The predicted molar refractivity (Wildman–Crippen MR) is 119 cm³/mol. The van der Waals surface area contributed by atoms with Crippen molar-refractivity contribution in [2.24, 2.45) is 0 Å². The van der Waals surface area contributed by atoms with Crippen LogP contribution in [0.4, 0.5) is 0 Å². The van der Waals surface area contributed by atoms with Gasteiger partial charge in [-0.15, -0.1) is 0 Å². The molecule has 0 aliphatic rings. The Balaban J connectivity index is 2.08. The normalized spacial score (nSPS) is 11.1. The molecule has 0 nitrogen and oxygen atoms in total. The number of hydrogen-bond donors (Lipinski definition) is 0. The van der Waals surface area contributed by atoms with Gasteiger partial charge in [0.05, 0.1) is 0 Å². The Hall–Kier alpha value is -2.58. The first-order chi connectivity index (χ1) is 13.3. The second kappa shape index (κ2) is 7.97. The summed E-state index contributed by atoms with van der Waals surface area (Å²) in [6.45, 7) is 4.72. The molecule has 0 aliphatic heterocycles. The summed E-state index contributed by atoms with van der Waals surface area (Å²) in [5, 5.41) is 0. The molecule has 4 rings (SSSR count). The van der Waals surface area contributed by atoms with Gasteiger partial charge in [0.15, 0.2) is 0 Å². The van der Waals surface area contributed by atoms with Crippen LogP contribution in [0, 0.1) is 0 Å². The van der Waals surface area contributed by atoms with Gasteiger partial charge in [0.25, 0.3) is 0 Å². The van der Waals surface area contributed by atoms with Crippen LogP contribution in [-0.4, -0.2) is 18.4 Å². The molecule has 0 aliphatic carbocycles. The Labute approximate surface area is 165 Å². The summed E-state index contributed by atoms with van der Waals surface area (Å²) in [5.41, 5.74) is 1.24. The molecule has 0 amide bonds. The van der Waals surface area contributed by atoms with Crippen LogP contribution in [0.2, 0.25) is 0 Å². The van der Waals surface area contributed by atoms with Gasteiger partial charge in [0.1, 0.15) is 0 Å². The second-order valence-electron chi connectivity index (χ2n) is 6.69. The van der Waals surface area contributed by atoms with Crippen molar-refractivity contribution >= 4 is 32.7 Å². The van der Waals surface area contributed by atoms with Crippen LogP contribution in [-0.2, 0) is 0 Å². The van der Waals surface area contributed by atoms with E-state index < -0.39 is 18.4 Å². The third-order valence-corrected chi connectivity index (χ3v) is 18.9. The van der Waals surface area contributed by atoms with Gasteiger partial charge in [-0.05, 0) is 0 Å². The molecule has 0 saturated carbocycles. The van der Waals surface area contributed by atoms with Gasteiger partial charge < -0.3 is 0 Å². The van der Waals surface area contributed by atoms with Crippen LogP contribution in [0.1, 0.15) is 5.56 Å². The summed E-state index contributed by atoms with van der Waals surface area (Å²) in [7, 11) is 0. The fraction of sp³-hybridized carbons (Fsp3) is 0. The average molecular weight is 453 g/mol. The Bertz CT molecular complexity index is 910. The fourth-order valence-corrected chi connectivity index (χ4v) is 17.4. The molecule has 4 aromatic carbocycles. The van der Waals surface area contributed by atoms with Crippen LogP contribution < -0.4 is 10.7 Å². The van der Waals surface area contributed by atoms with E-state index in [4.69, 9.17) is 6.58 Å². The van der Waals surface area contributed by atoms with Crippen molar-refractivity contribution in [2.75, 3.05) is 0 Å². The summed E-state index contributed by atoms with van der Waals surface area (Å²) in [6, 6.07) is 43.7. The third-order valence-electron chi connectivity index (χ3n) is 5.20. The molecule has 130 valence electrons. The van der Waals surface area contributed by atoms with E-state index >= 15 is 0 Å². The van der Waals surface area contributed by atoms with E-state index in [1.54, 1.807) is 0 Å². The molecule has 0 saturated heterocycles. The maximum absolute atomic E-state index is 4.72. The standard InChI is InChI=1S/C8H7.3C6H5.Sn/c1-2-8-6-4-3-5-7-8;3*1-2-4-6-5-3-1;/h3-7H,1H2;3*1-5H;. The minimum absolute atomic E-state index is 1.24. The molecular formula is C26H22Sn. The van der Waals surface area contributed by atoms with Crippen LogP contribution in [0.15, 0.2) is 128 Å². The number of benzene rings is 4. The first-order valence-electron chi connectivity index (χ1n) is 9.25. The van der Waals surface area contributed by atoms with Crippen molar-refractivity contribution in [3.05, 3.63) is 133 Å². The van der Waals surface area contributed by atoms with Crippen LogP contribution in [0.3, 0.4) is 0 Å². The molecule has 4 aromatic rings. The molecule has 0 bridgehead atoms. The topological polar surface area (TPSA) is 0 Å². The monoisotopic (exact) mass is 454 g/mol. The van der Waals surface area contributed by atoms with Crippen molar-refractivity contribution in [1.29, 1.82) is 0 Å². The summed E-state index contributed by atoms with van der Waals surface area (Å²) >= 11 is -3.49. The molecule has 27 heavy (non-hydrogen) atoms. The maximum atomic E-state index is 4.72. The SMILES string of the molecule is C=[C](c1ccccc1)[Sn]([c]1ccccc1)([c]1ccccc1)[c]1ccccc1. The van der Waals surface area contributed by atoms with Gasteiger partial charge in [-0.3, -0.25) is 0 Å². The van der Waals surface area contributed by atoms with Crippen molar-refractivity contribution in [3.8, 4) is 0 Å². The van der Waals surface area contributed by atoms with E-state index in [1.807, 2.05) is 0 Å². The molecule has 0 radical (unpaired) electrons. The third kappa shape index (κ3) is 3.26. The molecule has 0 fully saturated rings. The number of hydrogen-bond acceptors (Lipinski definition) is 0. The zero-order valence-corrected chi connectivity index (χ0v) is 18.1. The summed E-state index contributed by atoms with van der Waals surface area (Å²) in [4.78, 5) is 0. The van der Waals surface area contributed by atoms with E-state index in [-0.39, 0.29) is 0 Å². The van der Waals surface area contributed by atoms with Crippen molar-refractivity contribution < 1.29 is 0 Å².